The number of allylic oxidation sites excluding steroid dienone is 2. The molecule has 2 bridgehead atoms. The molecule has 0 spiro atoms. The Morgan fingerprint density at radius 1 is 1.11 bits per heavy atom. The first-order valence-corrected chi connectivity index (χ1v) is 11.6. The van der Waals surface area contributed by atoms with Crippen molar-refractivity contribution in [2.45, 2.75) is 13.3 Å². The van der Waals surface area contributed by atoms with E-state index < -0.39 is 18.5 Å². The maximum absolute atomic E-state index is 13.2. The Labute approximate surface area is 206 Å². The molecule has 0 unspecified atom stereocenters. The number of hydrogen-bond acceptors (Lipinski definition) is 6. The molecule has 180 valence electrons. The molecule has 3 amide bonds. The average Bonchev–Trinajstić information content (AvgIpc) is 3.47. The number of ether oxygens (including phenoxy) is 2. The molecule has 2 aromatic rings. The van der Waals surface area contributed by atoms with Gasteiger partial charge in [0, 0.05) is 5.02 Å². The predicted molar refractivity (Wildman–Crippen MR) is 128 cm³/mol. The zero-order chi connectivity index (χ0) is 24.9. The summed E-state index contributed by atoms with van der Waals surface area (Å²) < 4.78 is 10.3. The maximum Gasteiger partial charge on any atom is 0.338 e. The normalized spacial score (nSPS) is 24.3. The van der Waals surface area contributed by atoms with Gasteiger partial charge >= 0.3 is 5.97 Å². The lowest BCUT2D eigenvalue weighted by molar-refractivity contribution is -0.123. The van der Waals surface area contributed by atoms with Crippen molar-refractivity contribution in [3.63, 3.8) is 0 Å². The summed E-state index contributed by atoms with van der Waals surface area (Å²) in [6.45, 7) is 1.47. The third-order valence-electron chi connectivity index (χ3n) is 6.99. The number of carbonyl (C=O) groups is 4. The van der Waals surface area contributed by atoms with Crippen molar-refractivity contribution in [3.05, 3.63) is 64.7 Å². The number of hydrogen-bond donors (Lipinski definition) is 1. The first kappa shape index (κ1) is 23.1. The van der Waals surface area contributed by atoms with Gasteiger partial charge in [0.2, 0.25) is 11.8 Å². The molecule has 8 nitrogen and oxygen atoms in total. The molecule has 1 N–H and O–H groups in total. The topological polar surface area (TPSA) is 102 Å². The van der Waals surface area contributed by atoms with Crippen LogP contribution in [0.5, 0.6) is 5.75 Å². The first-order chi connectivity index (χ1) is 16.8. The second-order valence-corrected chi connectivity index (χ2v) is 9.44. The van der Waals surface area contributed by atoms with E-state index in [-0.39, 0.29) is 41.0 Å². The van der Waals surface area contributed by atoms with E-state index in [1.54, 1.807) is 24.3 Å². The number of methoxy groups -OCH3 is 1. The highest BCUT2D eigenvalue weighted by Gasteiger charge is 2.60. The van der Waals surface area contributed by atoms with Crippen LogP contribution >= 0.6 is 11.6 Å². The fraction of sp³-hybridized carbons (Fsp3) is 0.308. The lowest BCUT2D eigenvalue weighted by Crippen LogP contribution is -2.33. The molecule has 0 radical (unpaired) electrons. The molecule has 2 aliphatic carbocycles. The summed E-state index contributed by atoms with van der Waals surface area (Å²) in [5.74, 6) is -1.84. The molecule has 35 heavy (non-hydrogen) atoms. The zero-order valence-corrected chi connectivity index (χ0v) is 19.9. The third kappa shape index (κ3) is 3.97. The molecule has 3 aliphatic rings. The van der Waals surface area contributed by atoms with E-state index in [1.807, 2.05) is 6.92 Å². The second kappa shape index (κ2) is 8.85. The molecule has 4 atom stereocenters. The molecule has 1 aliphatic heterocycles. The SMILES string of the molecule is COc1ccc(Cl)cc1NC(=O)COC(=O)c1cccc(N2C(=O)[C@@H]3[C@H](C2=O)[C@H]2C=C(C)[C@H]3C2)c1. The fourth-order valence-corrected chi connectivity index (χ4v) is 5.65. The van der Waals surface area contributed by atoms with Crippen LogP contribution in [0.25, 0.3) is 0 Å². The highest BCUT2D eigenvalue weighted by Crippen LogP contribution is 2.55. The Balaban J connectivity index is 1.26. The van der Waals surface area contributed by atoms with Gasteiger partial charge in [0.15, 0.2) is 6.61 Å². The molecule has 5 rings (SSSR count). The number of carbonyl (C=O) groups excluding carboxylic acids is 4. The Morgan fingerprint density at radius 2 is 1.89 bits per heavy atom. The summed E-state index contributed by atoms with van der Waals surface area (Å²) in [5.41, 5.74) is 1.98. The van der Waals surface area contributed by atoms with E-state index in [4.69, 9.17) is 21.1 Å². The van der Waals surface area contributed by atoms with Crippen molar-refractivity contribution in [1.29, 1.82) is 0 Å². The number of nitrogens with zero attached hydrogens (tertiary/aromatic N) is 1. The average molecular weight is 495 g/mol. The van der Waals surface area contributed by atoms with Gasteiger partial charge in [-0.05, 0) is 61.6 Å². The Hall–Kier alpha value is -3.65. The van der Waals surface area contributed by atoms with Crippen molar-refractivity contribution in [2.24, 2.45) is 23.7 Å². The smallest absolute Gasteiger partial charge is 0.338 e. The Morgan fingerprint density at radius 3 is 2.66 bits per heavy atom. The largest absolute Gasteiger partial charge is 0.495 e. The number of fused-ring (bicyclic) bond motifs is 5. The number of anilines is 2. The fourth-order valence-electron chi connectivity index (χ4n) is 5.48. The van der Waals surface area contributed by atoms with Gasteiger partial charge in [-0.1, -0.05) is 29.3 Å². The van der Waals surface area contributed by atoms with Gasteiger partial charge in [-0.2, -0.15) is 0 Å². The first-order valence-electron chi connectivity index (χ1n) is 11.2. The van der Waals surface area contributed by atoms with Gasteiger partial charge in [0.1, 0.15) is 5.75 Å². The van der Waals surface area contributed by atoms with Gasteiger partial charge in [-0.15, -0.1) is 0 Å². The molecule has 2 aromatic carbocycles. The summed E-state index contributed by atoms with van der Waals surface area (Å²) >= 11 is 5.96. The quantitative estimate of drug-likeness (QED) is 0.372. The molecular formula is C26H23ClN2O6. The van der Waals surface area contributed by atoms with E-state index in [2.05, 4.69) is 11.4 Å². The van der Waals surface area contributed by atoms with E-state index in [0.29, 0.717) is 22.1 Å². The standard InChI is InChI=1S/C26H23ClN2O6/c1-13-8-15-10-18(13)23-22(15)24(31)29(25(23)32)17-5-3-4-14(9-17)26(33)35-12-21(30)28-19-11-16(27)6-7-20(19)34-2/h3-9,11,15,18,22-23H,10,12H2,1-2H3,(H,28,30)/t15-,18+,22+,23-/m0/s1. The summed E-state index contributed by atoms with van der Waals surface area (Å²) in [4.78, 5) is 52.4. The van der Waals surface area contributed by atoms with Crippen LogP contribution in [0.4, 0.5) is 11.4 Å². The molecule has 9 heteroatoms. The maximum atomic E-state index is 13.2. The van der Waals surface area contributed by atoms with E-state index in [0.717, 1.165) is 6.42 Å². The van der Waals surface area contributed by atoms with Crippen LogP contribution in [0.2, 0.25) is 5.02 Å². The van der Waals surface area contributed by atoms with Gasteiger partial charge in [0.25, 0.3) is 5.91 Å². The Kier molecular flexibility index (Phi) is 5.84. The van der Waals surface area contributed by atoms with Gasteiger partial charge in [-0.25, -0.2) is 9.69 Å². The zero-order valence-electron chi connectivity index (χ0n) is 19.1. The van der Waals surface area contributed by atoms with Crippen LogP contribution in [-0.4, -0.2) is 37.4 Å². The molecule has 0 aromatic heterocycles. The highest BCUT2D eigenvalue weighted by atomic mass is 35.5. The lowest BCUT2D eigenvalue weighted by Gasteiger charge is -2.19. The van der Waals surface area contributed by atoms with Crippen LogP contribution in [-0.2, 0) is 19.1 Å². The Bertz CT molecular complexity index is 1290. The van der Waals surface area contributed by atoms with Gasteiger partial charge in [0.05, 0.1) is 35.9 Å². The van der Waals surface area contributed by atoms with Crippen LogP contribution < -0.4 is 15.0 Å². The molecular weight excluding hydrogens is 472 g/mol. The highest BCUT2D eigenvalue weighted by molar-refractivity contribution is 6.31. The molecule has 1 heterocycles. The minimum atomic E-state index is -0.753. The van der Waals surface area contributed by atoms with Crippen LogP contribution in [0.1, 0.15) is 23.7 Å². The lowest BCUT2D eigenvalue weighted by atomic mass is 9.82. The number of rotatable bonds is 6. The van der Waals surface area contributed by atoms with Crippen molar-refractivity contribution in [1.82, 2.24) is 0 Å². The monoisotopic (exact) mass is 494 g/mol. The van der Waals surface area contributed by atoms with Crippen molar-refractivity contribution in [3.8, 4) is 5.75 Å². The molecule has 1 saturated heterocycles. The van der Waals surface area contributed by atoms with Gasteiger partial charge in [-0.3, -0.25) is 14.4 Å². The minimum absolute atomic E-state index is 0.0937. The number of esters is 1. The van der Waals surface area contributed by atoms with Crippen molar-refractivity contribution in [2.75, 3.05) is 23.9 Å². The third-order valence-corrected chi connectivity index (χ3v) is 7.23. The summed E-state index contributed by atoms with van der Waals surface area (Å²) in [6, 6.07) is 10.9. The number of imide groups is 1. The van der Waals surface area contributed by atoms with Crippen LogP contribution in [0, 0.1) is 23.7 Å². The predicted octanol–water partition coefficient (Wildman–Crippen LogP) is 3.85. The summed E-state index contributed by atoms with van der Waals surface area (Å²) in [7, 11) is 1.46. The van der Waals surface area contributed by atoms with Crippen LogP contribution in [0.3, 0.4) is 0 Å². The van der Waals surface area contributed by atoms with Gasteiger partial charge < -0.3 is 14.8 Å². The van der Waals surface area contributed by atoms with Crippen molar-refractivity contribution < 1.29 is 28.7 Å². The molecule has 2 fully saturated rings. The van der Waals surface area contributed by atoms with Crippen molar-refractivity contribution >= 4 is 46.7 Å². The minimum Gasteiger partial charge on any atom is -0.495 e. The van der Waals surface area contributed by atoms with E-state index >= 15 is 0 Å². The molecule has 1 saturated carbocycles. The van der Waals surface area contributed by atoms with E-state index in [1.165, 1.54) is 35.8 Å². The number of amides is 3. The van der Waals surface area contributed by atoms with Crippen LogP contribution in [0.15, 0.2) is 54.1 Å². The van der Waals surface area contributed by atoms with E-state index in [9.17, 15) is 19.2 Å². The summed E-state index contributed by atoms with van der Waals surface area (Å²) in [5, 5.41) is 3.00. The second-order valence-electron chi connectivity index (χ2n) is 9.00. The number of benzene rings is 2. The number of nitrogens with one attached hydrogen (secondary N) is 1. The summed E-state index contributed by atoms with van der Waals surface area (Å²) in [6.07, 6.45) is 2.96. The number of halogens is 1.